The summed E-state index contributed by atoms with van der Waals surface area (Å²) in [6.45, 7) is 8.19. The maximum absolute atomic E-state index is 14.2. The van der Waals surface area contributed by atoms with Crippen molar-refractivity contribution in [2.75, 3.05) is 26.9 Å². The van der Waals surface area contributed by atoms with Crippen LogP contribution < -0.4 is 4.74 Å². The number of aromatic nitrogens is 4. The Kier molecular flexibility index (Phi) is 8.56. The number of fused-ring (bicyclic) bond motifs is 2. The third kappa shape index (κ3) is 5.76. The number of rotatable bonds is 7. The molecule has 2 aliphatic rings. The Balaban J connectivity index is 1.46. The number of ether oxygens (including phenoxy) is 3. The van der Waals surface area contributed by atoms with Crippen molar-refractivity contribution in [3.05, 3.63) is 82.4 Å². The maximum atomic E-state index is 14.2. The van der Waals surface area contributed by atoms with Crippen LogP contribution in [0.2, 0.25) is 0 Å². The van der Waals surface area contributed by atoms with Gasteiger partial charge in [0.05, 0.1) is 32.3 Å². The molecule has 47 heavy (non-hydrogen) atoms. The Morgan fingerprint density at radius 2 is 1.87 bits per heavy atom. The number of pyridine rings is 2. The van der Waals surface area contributed by atoms with Gasteiger partial charge in [-0.05, 0) is 73.7 Å². The molecule has 11 nitrogen and oxygen atoms in total. The lowest BCUT2D eigenvalue weighted by molar-refractivity contribution is -0.151. The van der Waals surface area contributed by atoms with Crippen LogP contribution in [0.4, 0.5) is 8.78 Å². The van der Waals surface area contributed by atoms with Crippen LogP contribution >= 0.6 is 0 Å². The second-order valence-electron chi connectivity index (χ2n) is 12.8. The normalized spacial score (nSPS) is 18.5. The van der Waals surface area contributed by atoms with Crippen LogP contribution in [0.5, 0.6) is 5.88 Å². The first kappa shape index (κ1) is 32.9. The Morgan fingerprint density at radius 3 is 2.57 bits per heavy atom. The van der Waals surface area contributed by atoms with E-state index in [1.807, 2.05) is 25.1 Å². The highest BCUT2D eigenvalue weighted by Gasteiger charge is 2.46. The van der Waals surface area contributed by atoms with Crippen LogP contribution in [0.1, 0.15) is 72.7 Å². The molecule has 0 amide bonds. The zero-order valence-corrected chi connectivity index (χ0v) is 27.7. The van der Waals surface area contributed by atoms with Crippen LogP contribution in [-0.2, 0) is 30.8 Å². The summed E-state index contributed by atoms with van der Waals surface area (Å²) < 4.78 is 75.5. The molecular weight excluding hydrogens is 632 g/mol. The summed E-state index contributed by atoms with van der Waals surface area (Å²) in [6, 6.07) is 10.5. The van der Waals surface area contributed by atoms with Crippen LogP contribution in [0.3, 0.4) is 0 Å². The quantitative estimate of drug-likeness (QED) is 0.246. The average molecular weight is 670 g/mol. The minimum absolute atomic E-state index is 0.00211. The number of benzene rings is 1. The monoisotopic (exact) mass is 669 g/mol. The van der Waals surface area contributed by atoms with Gasteiger partial charge in [-0.2, -0.15) is 4.31 Å². The number of halogens is 2. The van der Waals surface area contributed by atoms with Crippen molar-refractivity contribution in [3.8, 4) is 5.88 Å². The van der Waals surface area contributed by atoms with Crippen LogP contribution in [-0.4, -0.2) is 70.7 Å². The predicted octanol–water partition coefficient (Wildman–Crippen LogP) is 5.14. The topological polar surface area (TPSA) is 125 Å². The molecule has 250 valence electrons. The third-order valence-electron chi connectivity index (χ3n) is 9.42. The lowest BCUT2D eigenvalue weighted by Crippen LogP contribution is -2.50. The summed E-state index contributed by atoms with van der Waals surface area (Å²) >= 11 is 0. The SMILES string of the molecule is COC(=O)C(C)(C)C(c1ccc(C)c(CN2CC3(CCOCC3)Oc3ncccc3S2(=O)=O)c1)c1ccn2c(C(F)F)nnc2c1C. The molecule has 0 N–H and O–H groups in total. The number of hydrogen-bond acceptors (Lipinski definition) is 9. The smallest absolute Gasteiger partial charge is 0.312 e. The fourth-order valence-electron chi connectivity index (χ4n) is 6.75. The van der Waals surface area contributed by atoms with Crippen LogP contribution in [0.15, 0.2) is 53.7 Å². The van der Waals surface area contributed by atoms with Crippen molar-refractivity contribution >= 4 is 21.6 Å². The van der Waals surface area contributed by atoms with E-state index in [-0.39, 0.29) is 29.5 Å². The summed E-state index contributed by atoms with van der Waals surface area (Å²) in [6.07, 6.45) is 1.18. The molecular formula is C33H37F2N5O6S. The molecule has 0 bridgehead atoms. The number of methoxy groups -OCH3 is 1. The second-order valence-corrected chi connectivity index (χ2v) is 14.7. The predicted molar refractivity (Wildman–Crippen MR) is 167 cm³/mol. The zero-order chi connectivity index (χ0) is 33.7. The van der Waals surface area contributed by atoms with Crippen molar-refractivity contribution in [2.24, 2.45) is 5.41 Å². The van der Waals surface area contributed by atoms with Gasteiger partial charge in [-0.3, -0.25) is 9.20 Å². The molecule has 0 saturated carbocycles. The molecule has 1 fully saturated rings. The molecule has 1 saturated heterocycles. The standard InChI is InChI=1S/C33H37F2N5O6S/c1-20-8-9-22(26(32(3,4)31(41)44-5)24-10-14-40-28(21(24)2)37-38-29(40)27(34)35)17-23(20)18-39-19-33(11-15-45-16-12-33)46-30-25(47(39,42)43)7-6-13-36-30/h6-10,13-14,17,26-27H,11-12,15-16,18-19H2,1-5H3. The molecule has 5 heterocycles. The number of alkyl halides is 2. The average Bonchev–Trinajstić information content (AvgIpc) is 3.46. The van der Waals surface area contributed by atoms with Gasteiger partial charge >= 0.3 is 5.97 Å². The van der Waals surface area contributed by atoms with Gasteiger partial charge < -0.3 is 14.2 Å². The number of esters is 1. The first-order chi connectivity index (χ1) is 22.3. The minimum Gasteiger partial charge on any atom is -0.469 e. The third-order valence-corrected chi connectivity index (χ3v) is 11.2. The molecule has 1 atom stereocenters. The first-order valence-electron chi connectivity index (χ1n) is 15.3. The molecule has 14 heteroatoms. The van der Waals surface area contributed by atoms with Gasteiger partial charge in [-0.25, -0.2) is 22.2 Å². The van der Waals surface area contributed by atoms with Crippen molar-refractivity contribution < 1.29 is 36.2 Å². The van der Waals surface area contributed by atoms with Crippen LogP contribution in [0, 0.1) is 19.3 Å². The highest BCUT2D eigenvalue weighted by atomic mass is 32.2. The molecule has 0 aliphatic carbocycles. The van der Waals surface area contributed by atoms with Gasteiger partial charge in [-0.1, -0.05) is 18.2 Å². The summed E-state index contributed by atoms with van der Waals surface area (Å²) in [5, 5.41) is 7.73. The fraction of sp³-hybridized carbons (Fsp3) is 0.455. The Hall–Kier alpha value is -4.01. The molecule has 1 aromatic carbocycles. The van der Waals surface area contributed by atoms with Crippen molar-refractivity contribution in [1.29, 1.82) is 0 Å². The zero-order valence-electron chi connectivity index (χ0n) is 26.9. The van der Waals surface area contributed by atoms with E-state index in [0.717, 1.165) is 11.1 Å². The molecule has 1 unspecified atom stereocenters. The fourth-order valence-corrected chi connectivity index (χ4v) is 8.31. The number of sulfonamides is 1. The Bertz CT molecular complexity index is 1940. The van der Waals surface area contributed by atoms with E-state index < -0.39 is 45.2 Å². The Morgan fingerprint density at radius 1 is 1.13 bits per heavy atom. The second kappa shape index (κ2) is 12.2. The van der Waals surface area contributed by atoms with E-state index >= 15 is 0 Å². The van der Waals surface area contributed by atoms with Crippen molar-refractivity contribution in [1.82, 2.24) is 23.9 Å². The van der Waals surface area contributed by atoms with E-state index in [0.29, 0.717) is 42.7 Å². The number of nitrogens with zero attached hydrogens (tertiary/aromatic N) is 5. The van der Waals surface area contributed by atoms with Gasteiger partial charge in [-0.15, -0.1) is 10.2 Å². The number of carbonyl (C=O) groups excluding carboxylic acids is 1. The van der Waals surface area contributed by atoms with E-state index in [2.05, 4.69) is 15.2 Å². The largest absolute Gasteiger partial charge is 0.469 e. The lowest BCUT2D eigenvalue weighted by atomic mass is 9.70. The molecule has 4 aromatic rings. The van der Waals surface area contributed by atoms with Crippen molar-refractivity contribution in [2.45, 2.75) is 69.9 Å². The maximum Gasteiger partial charge on any atom is 0.312 e. The highest BCUT2D eigenvalue weighted by molar-refractivity contribution is 7.89. The van der Waals surface area contributed by atoms with Gasteiger partial charge in [0, 0.05) is 37.7 Å². The van der Waals surface area contributed by atoms with E-state index in [1.54, 1.807) is 32.9 Å². The number of aryl methyl sites for hydroxylation is 2. The molecule has 0 radical (unpaired) electrons. The van der Waals surface area contributed by atoms with Gasteiger partial charge in [0.25, 0.3) is 6.43 Å². The molecule has 2 aliphatic heterocycles. The van der Waals surface area contributed by atoms with Gasteiger partial charge in [0.1, 0.15) is 10.5 Å². The summed E-state index contributed by atoms with van der Waals surface area (Å²) in [7, 11) is -2.71. The lowest BCUT2D eigenvalue weighted by Gasteiger charge is -2.38. The Labute approximate surface area is 271 Å². The van der Waals surface area contributed by atoms with Crippen molar-refractivity contribution in [3.63, 3.8) is 0 Å². The number of hydrogen-bond donors (Lipinski definition) is 0. The molecule has 6 rings (SSSR count). The van der Waals surface area contributed by atoms with Crippen LogP contribution in [0.25, 0.3) is 5.65 Å². The van der Waals surface area contributed by atoms with E-state index in [9.17, 15) is 22.0 Å². The highest BCUT2D eigenvalue weighted by Crippen LogP contribution is 2.45. The summed E-state index contributed by atoms with van der Waals surface area (Å²) in [4.78, 5) is 17.6. The van der Waals surface area contributed by atoms with Gasteiger partial charge in [0.15, 0.2) is 5.65 Å². The number of carbonyl (C=O) groups is 1. The minimum atomic E-state index is -4.02. The summed E-state index contributed by atoms with van der Waals surface area (Å²) in [5.41, 5.74) is 1.86. The van der Waals surface area contributed by atoms with E-state index in [1.165, 1.54) is 34.3 Å². The van der Waals surface area contributed by atoms with Gasteiger partial charge in [0.2, 0.25) is 21.7 Å². The summed E-state index contributed by atoms with van der Waals surface area (Å²) in [5.74, 6) is -1.49. The van der Waals surface area contributed by atoms with E-state index in [4.69, 9.17) is 14.2 Å². The first-order valence-corrected chi connectivity index (χ1v) is 16.7. The molecule has 3 aromatic heterocycles. The molecule has 1 spiro atoms.